The fourth-order valence-electron chi connectivity index (χ4n) is 1.61. The van der Waals surface area contributed by atoms with Crippen LogP contribution < -0.4 is 10.9 Å². The second-order valence-electron chi connectivity index (χ2n) is 5.19. The summed E-state index contributed by atoms with van der Waals surface area (Å²) in [6.45, 7) is 10.1. The molecule has 1 aromatic rings. The van der Waals surface area contributed by atoms with Crippen molar-refractivity contribution in [2.45, 2.75) is 46.2 Å². The molecule has 0 unspecified atom stereocenters. The summed E-state index contributed by atoms with van der Waals surface area (Å²) < 4.78 is 1.82. The molecule has 0 aliphatic carbocycles. The van der Waals surface area contributed by atoms with E-state index in [2.05, 4.69) is 26.1 Å². The molecule has 0 fully saturated rings. The molecule has 1 heterocycles. The number of nitrogens with zero attached hydrogens (tertiary/aromatic N) is 1. The number of hydrogen-bond donors (Lipinski definition) is 1. The van der Waals surface area contributed by atoms with E-state index in [1.54, 1.807) is 6.07 Å². The maximum atomic E-state index is 11.6. The lowest BCUT2D eigenvalue weighted by Gasteiger charge is -2.20. The van der Waals surface area contributed by atoms with Crippen LogP contribution >= 0.6 is 0 Å². The maximum absolute atomic E-state index is 11.6. The quantitative estimate of drug-likeness (QED) is 0.790. The molecule has 1 N–H and O–H groups in total. The Morgan fingerprint density at radius 3 is 2.56 bits per heavy atom. The second kappa shape index (κ2) is 5.30. The molecular weight excluding hydrogens is 200 g/mol. The molecule has 0 saturated heterocycles. The molecule has 0 atom stereocenters. The third-order valence-corrected chi connectivity index (χ3v) is 2.48. The van der Waals surface area contributed by atoms with Gasteiger partial charge in [-0.3, -0.25) is 4.79 Å². The smallest absolute Gasteiger partial charge is 0.250 e. The van der Waals surface area contributed by atoms with E-state index in [1.807, 2.05) is 23.6 Å². The fourth-order valence-corrected chi connectivity index (χ4v) is 1.61. The molecule has 1 rings (SSSR count). The van der Waals surface area contributed by atoms with Crippen LogP contribution in [0.25, 0.3) is 0 Å². The highest BCUT2D eigenvalue weighted by Gasteiger charge is 2.07. The van der Waals surface area contributed by atoms with Gasteiger partial charge in [0.05, 0.1) is 0 Å². The highest BCUT2D eigenvalue weighted by atomic mass is 16.1. The Morgan fingerprint density at radius 2 is 2.00 bits per heavy atom. The Bertz CT molecular complexity index is 388. The predicted octanol–water partition coefficient (Wildman–Crippen LogP) is 1.93. The minimum Gasteiger partial charge on any atom is -0.313 e. The van der Waals surface area contributed by atoms with Crippen molar-refractivity contribution in [3.05, 3.63) is 34.2 Å². The Balaban J connectivity index is 2.47. The van der Waals surface area contributed by atoms with Crippen molar-refractivity contribution >= 4 is 0 Å². The van der Waals surface area contributed by atoms with Crippen molar-refractivity contribution in [2.24, 2.45) is 0 Å². The Hall–Kier alpha value is -1.09. The number of rotatable bonds is 4. The summed E-state index contributed by atoms with van der Waals surface area (Å²) in [5.74, 6) is 0. The second-order valence-corrected chi connectivity index (χ2v) is 5.19. The Morgan fingerprint density at radius 1 is 1.31 bits per heavy atom. The van der Waals surface area contributed by atoms with Crippen molar-refractivity contribution in [1.82, 2.24) is 9.88 Å². The van der Waals surface area contributed by atoms with Crippen LogP contribution in [0.4, 0.5) is 0 Å². The topological polar surface area (TPSA) is 34.0 Å². The van der Waals surface area contributed by atoms with E-state index >= 15 is 0 Å². The molecule has 0 amide bonds. The van der Waals surface area contributed by atoms with E-state index in [0.717, 1.165) is 25.2 Å². The first-order valence-corrected chi connectivity index (χ1v) is 5.82. The van der Waals surface area contributed by atoms with Gasteiger partial charge in [-0.15, -0.1) is 0 Å². The average molecular weight is 222 g/mol. The SMILES string of the molecule is Cc1cccc(=O)n1CCCNC(C)(C)C. The average Bonchev–Trinajstić information content (AvgIpc) is 2.14. The molecule has 16 heavy (non-hydrogen) atoms. The maximum Gasteiger partial charge on any atom is 0.250 e. The normalized spacial score (nSPS) is 11.8. The molecule has 90 valence electrons. The zero-order valence-electron chi connectivity index (χ0n) is 10.7. The zero-order valence-corrected chi connectivity index (χ0v) is 10.7. The molecular formula is C13H22N2O. The van der Waals surface area contributed by atoms with Gasteiger partial charge in [-0.25, -0.2) is 0 Å². The number of hydrogen-bond acceptors (Lipinski definition) is 2. The third kappa shape index (κ3) is 4.19. The summed E-state index contributed by atoms with van der Waals surface area (Å²) in [7, 11) is 0. The lowest BCUT2D eigenvalue weighted by Crippen LogP contribution is -2.37. The molecule has 0 aromatic carbocycles. The molecule has 1 aromatic heterocycles. The van der Waals surface area contributed by atoms with Crippen molar-refractivity contribution in [1.29, 1.82) is 0 Å². The van der Waals surface area contributed by atoms with Crippen LogP contribution in [0.3, 0.4) is 0 Å². The zero-order chi connectivity index (χ0) is 12.2. The van der Waals surface area contributed by atoms with Gasteiger partial charge in [-0.05, 0) is 46.7 Å². The van der Waals surface area contributed by atoms with Crippen molar-refractivity contribution < 1.29 is 0 Å². The molecule has 3 nitrogen and oxygen atoms in total. The van der Waals surface area contributed by atoms with Crippen molar-refractivity contribution in [3.8, 4) is 0 Å². The fraction of sp³-hybridized carbons (Fsp3) is 0.615. The first-order valence-electron chi connectivity index (χ1n) is 5.82. The van der Waals surface area contributed by atoms with Gasteiger partial charge in [-0.2, -0.15) is 0 Å². The van der Waals surface area contributed by atoms with Crippen molar-refractivity contribution in [3.63, 3.8) is 0 Å². The first kappa shape index (κ1) is 13.0. The molecule has 0 spiro atoms. The summed E-state index contributed by atoms with van der Waals surface area (Å²) in [4.78, 5) is 11.6. The Kier molecular flexibility index (Phi) is 4.30. The Labute approximate surface area is 97.5 Å². The highest BCUT2D eigenvalue weighted by molar-refractivity contribution is 5.04. The van der Waals surface area contributed by atoms with E-state index < -0.39 is 0 Å². The van der Waals surface area contributed by atoms with E-state index in [1.165, 1.54) is 0 Å². The molecule has 0 saturated carbocycles. The predicted molar refractivity (Wildman–Crippen MR) is 67.8 cm³/mol. The minimum atomic E-state index is 0.0933. The van der Waals surface area contributed by atoms with Crippen LogP contribution in [-0.4, -0.2) is 16.7 Å². The monoisotopic (exact) mass is 222 g/mol. The lowest BCUT2D eigenvalue weighted by atomic mass is 10.1. The van der Waals surface area contributed by atoms with Crippen LogP contribution in [-0.2, 0) is 6.54 Å². The summed E-state index contributed by atoms with van der Waals surface area (Å²) in [6.07, 6.45) is 0.974. The van der Waals surface area contributed by atoms with Crippen LogP contribution in [0.5, 0.6) is 0 Å². The van der Waals surface area contributed by atoms with E-state index in [-0.39, 0.29) is 11.1 Å². The minimum absolute atomic E-state index is 0.0933. The van der Waals surface area contributed by atoms with Crippen LogP contribution in [0.15, 0.2) is 23.0 Å². The summed E-state index contributed by atoms with van der Waals surface area (Å²) >= 11 is 0. The third-order valence-electron chi connectivity index (χ3n) is 2.48. The van der Waals surface area contributed by atoms with E-state index in [4.69, 9.17) is 0 Å². The van der Waals surface area contributed by atoms with E-state index in [0.29, 0.717) is 0 Å². The van der Waals surface area contributed by atoms with Crippen molar-refractivity contribution in [2.75, 3.05) is 6.54 Å². The summed E-state index contributed by atoms with van der Waals surface area (Å²) in [6, 6.07) is 5.39. The van der Waals surface area contributed by atoms with E-state index in [9.17, 15) is 4.79 Å². The van der Waals surface area contributed by atoms with Gasteiger partial charge in [0, 0.05) is 23.8 Å². The summed E-state index contributed by atoms with van der Waals surface area (Å²) in [5.41, 5.74) is 1.27. The summed E-state index contributed by atoms with van der Waals surface area (Å²) in [5, 5.41) is 3.42. The highest BCUT2D eigenvalue weighted by Crippen LogP contribution is 1.99. The largest absolute Gasteiger partial charge is 0.313 e. The van der Waals surface area contributed by atoms with Crippen LogP contribution in [0, 0.1) is 6.92 Å². The van der Waals surface area contributed by atoms with Gasteiger partial charge in [0.15, 0.2) is 0 Å². The number of nitrogens with one attached hydrogen (secondary N) is 1. The first-order chi connectivity index (χ1) is 7.40. The van der Waals surface area contributed by atoms with Gasteiger partial charge in [-0.1, -0.05) is 6.07 Å². The molecule has 0 radical (unpaired) electrons. The van der Waals surface area contributed by atoms with Gasteiger partial charge in [0.2, 0.25) is 0 Å². The molecule has 0 aliphatic rings. The van der Waals surface area contributed by atoms with Crippen LogP contribution in [0.2, 0.25) is 0 Å². The van der Waals surface area contributed by atoms with Gasteiger partial charge in [0.25, 0.3) is 5.56 Å². The molecule has 0 aliphatic heterocycles. The van der Waals surface area contributed by atoms with Gasteiger partial charge < -0.3 is 9.88 Å². The van der Waals surface area contributed by atoms with Gasteiger partial charge >= 0.3 is 0 Å². The molecule has 0 bridgehead atoms. The number of aryl methyl sites for hydroxylation is 1. The van der Waals surface area contributed by atoms with Gasteiger partial charge in [0.1, 0.15) is 0 Å². The number of aromatic nitrogens is 1. The standard InChI is InChI=1S/C13H22N2O/c1-11-7-5-8-12(16)15(11)10-6-9-14-13(2,3)4/h5,7-8,14H,6,9-10H2,1-4H3. The number of pyridine rings is 1. The lowest BCUT2D eigenvalue weighted by molar-refractivity contribution is 0.411. The van der Waals surface area contributed by atoms with Crippen LogP contribution in [0.1, 0.15) is 32.9 Å². The molecule has 3 heteroatoms.